The number of hydrogen-bond acceptors (Lipinski definition) is 6. The third-order valence-electron chi connectivity index (χ3n) is 5.30. The van der Waals surface area contributed by atoms with Crippen LogP contribution < -0.4 is 13.9 Å². The van der Waals surface area contributed by atoms with Crippen LogP contribution in [0.15, 0.2) is 77.7 Å². The third kappa shape index (κ3) is 3.50. The van der Waals surface area contributed by atoms with Gasteiger partial charge in [0.25, 0.3) is 10.0 Å². The number of methoxy groups -OCH3 is 1. The number of aromatic nitrogens is 2. The summed E-state index contributed by atoms with van der Waals surface area (Å²) in [7, 11) is -2.38. The van der Waals surface area contributed by atoms with E-state index < -0.39 is 10.0 Å². The van der Waals surface area contributed by atoms with Gasteiger partial charge >= 0.3 is 0 Å². The Morgan fingerprint density at radius 3 is 2.16 bits per heavy atom. The van der Waals surface area contributed by atoms with Crippen molar-refractivity contribution >= 4 is 32.7 Å². The maximum Gasteiger partial charge on any atom is 0.267 e. The Hall–Kier alpha value is -3.72. The number of benzene rings is 3. The van der Waals surface area contributed by atoms with Gasteiger partial charge in [0.15, 0.2) is 11.6 Å². The zero-order chi connectivity index (χ0) is 22.3. The minimum atomic E-state index is -3.90. The van der Waals surface area contributed by atoms with Crippen molar-refractivity contribution in [2.75, 3.05) is 23.0 Å². The van der Waals surface area contributed by atoms with Crippen molar-refractivity contribution < 1.29 is 17.5 Å². The Morgan fingerprint density at radius 1 is 0.906 bits per heavy atom. The van der Waals surface area contributed by atoms with E-state index in [-0.39, 0.29) is 23.2 Å². The van der Waals surface area contributed by atoms with Gasteiger partial charge in [0.2, 0.25) is 0 Å². The van der Waals surface area contributed by atoms with E-state index in [0.29, 0.717) is 29.1 Å². The first kappa shape index (κ1) is 20.2. The second-order valence-corrected chi connectivity index (χ2v) is 9.22. The second kappa shape index (κ2) is 7.76. The molecule has 0 saturated carbocycles. The average Bonchev–Trinajstić information content (AvgIpc) is 3.17. The number of sulfonamides is 1. The molecule has 162 valence electrons. The number of anilines is 2. The van der Waals surface area contributed by atoms with Gasteiger partial charge in [-0.3, -0.25) is 0 Å². The maximum atomic E-state index is 13.5. The molecule has 2 heterocycles. The summed E-state index contributed by atoms with van der Waals surface area (Å²) in [5, 5.41) is 0. The van der Waals surface area contributed by atoms with Crippen LogP contribution in [-0.4, -0.2) is 32.2 Å². The molecule has 0 amide bonds. The molecular weight excluding hydrogens is 431 g/mol. The standard InChI is InChI=1S/C23H19FN4O3S/c1-31-18-10-12-19(13-11-18)32(29,30)28-15-27(14-16-6-8-17(24)9-7-16)22-23(28)26-21-5-3-2-4-20(21)25-22/h2-13H,14-15H2,1H3. The number of ether oxygens (including phenoxy) is 1. The molecule has 1 aliphatic rings. The van der Waals surface area contributed by atoms with Crippen molar-refractivity contribution in [3.05, 3.63) is 84.2 Å². The van der Waals surface area contributed by atoms with Crippen molar-refractivity contribution in [2.24, 2.45) is 0 Å². The van der Waals surface area contributed by atoms with Gasteiger partial charge in [-0.05, 0) is 54.1 Å². The molecule has 1 aliphatic heterocycles. The van der Waals surface area contributed by atoms with Crippen LogP contribution in [0, 0.1) is 5.82 Å². The Morgan fingerprint density at radius 2 is 1.53 bits per heavy atom. The second-order valence-electron chi connectivity index (χ2n) is 7.35. The molecule has 5 rings (SSSR count). The predicted octanol–water partition coefficient (Wildman–Crippen LogP) is 3.95. The summed E-state index contributed by atoms with van der Waals surface area (Å²) in [5.74, 6) is 0.964. The summed E-state index contributed by atoms with van der Waals surface area (Å²) in [6.45, 7) is 0.395. The van der Waals surface area contributed by atoms with E-state index in [4.69, 9.17) is 9.72 Å². The summed E-state index contributed by atoms with van der Waals surface area (Å²) in [5.41, 5.74) is 2.10. The molecule has 0 fully saturated rings. The van der Waals surface area contributed by atoms with E-state index >= 15 is 0 Å². The number of halogens is 1. The highest BCUT2D eigenvalue weighted by atomic mass is 32.2. The molecule has 0 N–H and O–H groups in total. The van der Waals surface area contributed by atoms with E-state index in [9.17, 15) is 12.8 Å². The highest BCUT2D eigenvalue weighted by Gasteiger charge is 2.38. The minimum absolute atomic E-state index is 0.0391. The summed E-state index contributed by atoms with van der Waals surface area (Å²) in [4.78, 5) is 11.3. The lowest BCUT2D eigenvalue weighted by Crippen LogP contribution is -2.35. The summed E-state index contributed by atoms with van der Waals surface area (Å²) < 4.78 is 46.8. The zero-order valence-electron chi connectivity index (χ0n) is 17.1. The van der Waals surface area contributed by atoms with Crippen molar-refractivity contribution in [2.45, 2.75) is 11.4 Å². The van der Waals surface area contributed by atoms with E-state index in [2.05, 4.69) is 4.98 Å². The normalized spacial score (nSPS) is 13.4. The van der Waals surface area contributed by atoms with E-state index in [1.54, 1.807) is 30.3 Å². The predicted molar refractivity (Wildman–Crippen MR) is 120 cm³/mol. The van der Waals surface area contributed by atoms with Crippen molar-refractivity contribution in [3.8, 4) is 5.75 Å². The Bertz CT molecular complexity index is 1390. The van der Waals surface area contributed by atoms with Crippen LogP contribution in [-0.2, 0) is 16.6 Å². The van der Waals surface area contributed by atoms with Gasteiger partial charge in [-0.2, -0.15) is 0 Å². The topological polar surface area (TPSA) is 75.6 Å². The van der Waals surface area contributed by atoms with Crippen LogP contribution in [0.3, 0.4) is 0 Å². The SMILES string of the molecule is COc1ccc(S(=O)(=O)N2CN(Cc3ccc(F)cc3)c3nc4ccccc4nc32)cc1. The highest BCUT2D eigenvalue weighted by molar-refractivity contribution is 7.92. The van der Waals surface area contributed by atoms with Crippen LogP contribution in [0.25, 0.3) is 11.0 Å². The van der Waals surface area contributed by atoms with E-state index in [1.807, 2.05) is 23.1 Å². The fourth-order valence-electron chi connectivity index (χ4n) is 3.65. The van der Waals surface area contributed by atoms with Crippen LogP contribution in [0.1, 0.15) is 5.56 Å². The minimum Gasteiger partial charge on any atom is -0.497 e. The van der Waals surface area contributed by atoms with Gasteiger partial charge in [0, 0.05) is 6.54 Å². The molecule has 0 unspecified atom stereocenters. The van der Waals surface area contributed by atoms with Crippen LogP contribution >= 0.6 is 0 Å². The summed E-state index contributed by atoms with van der Waals surface area (Å²) in [6.07, 6.45) is 0. The van der Waals surface area contributed by atoms with E-state index in [1.165, 1.54) is 35.7 Å². The first-order valence-corrected chi connectivity index (χ1v) is 11.3. The van der Waals surface area contributed by atoms with Gasteiger partial charge in [-0.25, -0.2) is 27.1 Å². The molecule has 0 bridgehead atoms. The first-order chi connectivity index (χ1) is 15.5. The lowest BCUT2D eigenvalue weighted by molar-refractivity contribution is 0.414. The Balaban J connectivity index is 1.59. The number of rotatable bonds is 5. The van der Waals surface area contributed by atoms with E-state index in [0.717, 1.165) is 5.56 Å². The summed E-state index contributed by atoms with van der Waals surface area (Å²) >= 11 is 0. The molecule has 7 nitrogen and oxygen atoms in total. The largest absolute Gasteiger partial charge is 0.497 e. The number of hydrogen-bond donors (Lipinski definition) is 0. The lowest BCUT2D eigenvalue weighted by Gasteiger charge is -2.21. The molecule has 4 aromatic rings. The molecule has 0 atom stereocenters. The van der Waals surface area contributed by atoms with Gasteiger partial charge in [0.05, 0.1) is 23.0 Å². The van der Waals surface area contributed by atoms with Gasteiger partial charge in [-0.1, -0.05) is 24.3 Å². The van der Waals surface area contributed by atoms with Crippen molar-refractivity contribution in [1.29, 1.82) is 0 Å². The lowest BCUT2D eigenvalue weighted by atomic mass is 10.2. The molecular formula is C23H19FN4O3S. The van der Waals surface area contributed by atoms with Gasteiger partial charge < -0.3 is 9.64 Å². The van der Waals surface area contributed by atoms with Crippen LogP contribution in [0.5, 0.6) is 5.75 Å². The monoisotopic (exact) mass is 450 g/mol. The molecule has 32 heavy (non-hydrogen) atoms. The number of fused-ring (bicyclic) bond motifs is 2. The number of nitrogens with zero attached hydrogens (tertiary/aromatic N) is 4. The van der Waals surface area contributed by atoms with Gasteiger partial charge in [-0.15, -0.1) is 0 Å². The summed E-state index contributed by atoms with van der Waals surface area (Å²) in [6, 6.07) is 19.6. The fourth-order valence-corrected chi connectivity index (χ4v) is 5.03. The Kier molecular flexibility index (Phi) is 4.90. The Labute approximate surface area is 184 Å². The average molecular weight is 450 g/mol. The highest BCUT2D eigenvalue weighted by Crippen LogP contribution is 2.38. The molecule has 0 aliphatic carbocycles. The molecule has 0 spiro atoms. The molecule has 1 aromatic heterocycles. The van der Waals surface area contributed by atoms with Crippen LogP contribution in [0.2, 0.25) is 0 Å². The molecule has 3 aromatic carbocycles. The van der Waals surface area contributed by atoms with Crippen molar-refractivity contribution in [1.82, 2.24) is 9.97 Å². The number of para-hydroxylation sites is 2. The van der Waals surface area contributed by atoms with Crippen molar-refractivity contribution in [3.63, 3.8) is 0 Å². The van der Waals surface area contributed by atoms with Gasteiger partial charge in [0.1, 0.15) is 18.2 Å². The molecule has 0 saturated heterocycles. The first-order valence-electron chi connectivity index (χ1n) is 9.89. The third-order valence-corrected chi connectivity index (χ3v) is 7.04. The zero-order valence-corrected chi connectivity index (χ0v) is 18.0. The van der Waals surface area contributed by atoms with Crippen LogP contribution in [0.4, 0.5) is 16.0 Å². The maximum absolute atomic E-state index is 13.5. The quantitative estimate of drug-likeness (QED) is 0.458. The molecule has 0 radical (unpaired) electrons. The smallest absolute Gasteiger partial charge is 0.267 e. The fraction of sp³-hybridized carbons (Fsp3) is 0.130. The molecule has 9 heteroatoms.